The molecular weight excluding hydrogens is 547 g/mol. The lowest BCUT2D eigenvalue weighted by Crippen LogP contribution is -2.57. The molecule has 0 spiro atoms. The number of carboxylic acid groups (broad SMARTS) is 1. The number of anilines is 2. The molecule has 1 fully saturated rings. The van der Waals surface area contributed by atoms with Gasteiger partial charge in [0.25, 0.3) is 0 Å². The van der Waals surface area contributed by atoms with E-state index in [4.69, 9.17) is 0 Å². The largest absolute Gasteiger partial charge is 0.549 e. The number of alkyl halides is 3. The van der Waals surface area contributed by atoms with E-state index in [1.54, 1.807) is 24.7 Å². The van der Waals surface area contributed by atoms with Crippen molar-refractivity contribution in [2.75, 3.05) is 29.9 Å². The van der Waals surface area contributed by atoms with E-state index in [1.807, 2.05) is 31.2 Å². The number of hydrogen-bond acceptors (Lipinski definition) is 9. The summed E-state index contributed by atoms with van der Waals surface area (Å²) in [4.78, 5) is 42.7. The number of pyridine rings is 1. The van der Waals surface area contributed by atoms with Crippen LogP contribution >= 0.6 is 11.3 Å². The topological polar surface area (TPSA) is 136 Å². The molecule has 10 nitrogen and oxygen atoms in total. The lowest BCUT2D eigenvalue weighted by molar-refractivity contribution is -0.345. The van der Waals surface area contributed by atoms with Crippen LogP contribution in [0, 0.1) is 5.41 Å². The van der Waals surface area contributed by atoms with Crippen molar-refractivity contribution >= 4 is 44.6 Å². The van der Waals surface area contributed by atoms with Gasteiger partial charge in [-0.3, -0.25) is 10.3 Å². The van der Waals surface area contributed by atoms with Gasteiger partial charge in [-0.1, -0.05) is 17.4 Å². The van der Waals surface area contributed by atoms with Gasteiger partial charge >= 0.3 is 12.2 Å². The fraction of sp³-hybridized carbons (Fsp3) is 0.308. The molecule has 1 aliphatic heterocycles. The average molecular weight is 571 g/mol. The number of nitrogens with one attached hydrogen (secondary N) is 2. The van der Waals surface area contributed by atoms with Gasteiger partial charge in [0, 0.05) is 49.4 Å². The van der Waals surface area contributed by atoms with E-state index in [9.17, 15) is 27.9 Å². The van der Waals surface area contributed by atoms with Gasteiger partial charge in [-0.25, -0.2) is 19.7 Å². The molecule has 40 heavy (non-hydrogen) atoms. The molecule has 0 unspecified atom stereocenters. The lowest BCUT2D eigenvalue weighted by Gasteiger charge is -2.43. The molecule has 14 heteroatoms. The minimum Gasteiger partial charge on any atom is -0.549 e. The molecule has 2 N–H and O–H groups in total. The van der Waals surface area contributed by atoms with E-state index < -0.39 is 30.4 Å². The van der Waals surface area contributed by atoms with Gasteiger partial charge in [-0.15, -0.1) is 0 Å². The quantitative estimate of drug-likeness (QED) is 0.357. The van der Waals surface area contributed by atoms with Gasteiger partial charge in [-0.05, 0) is 49.6 Å². The number of carbonyl (C=O) groups is 2. The molecule has 2 amide bonds. The predicted octanol–water partition coefficient (Wildman–Crippen LogP) is 3.86. The number of piperidine rings is 1. The number of carbonyl (C=O) groups excluding carboxylic acids is 2. The van der Waals surface area contributed by atoms with Crippen LogP contribution < -0.4 is 20.6 Å². The number of amides is 2. The first-order valence-corrected chi connectivity index (χ1v) is 13.2. The summed E-state index contributed by atoms with van der Waals surface area (Å²) >= 11 is 1.31. The highest BCUT2D eigenvalue weighted by atomic mass is 32.1. The number of benzene rings is 1. The van der Waals surface area contributed by atoms with Gasteiger partial charge in [0.05, 0.1) is 21.9 Å². The van der Waals surface area contributed by atoms with Gasteiger partial charge in [0.2, 0.25) is 5.95 Å². The highest BCUT2D eigenvalue weighted by molar-refractivity contribution is 7.22. The number of carboxylic acids is 1. The molecule has 0 aliphatic carbocycles. The van der Waals surface area contributed by atoms with Crippen molar-refractivity contribution in [1.29, 1.82) is 0 Å². The molecule has 3 aromatic heterocycles. The first kappa shape index (κ1) is 27.2. The number of aliphatic carboxylic acids is 1. The van der Waals surface area contributed by atoms with Gasteiger partial charge in [-0.2, -0.15) is 13.2 Å². The van der Waals surface area contributed by atoms with E-state index in [0.717, 1.165) is 15.8 Å². The first-order valence-electron chi connectivity index (χ1n) is 12.4. The zero-order valence-corrected chi connectivity index (χ0v) is 22.0. The number of thiazole rings is 1. The highest BCUT2D eigenvalue weighted by Crippen LogP contribution is 2.46. The molecule has 1 aromatic carbocycles. The normalized spacial score (nSPS) is 15.2. The number of hydrogen-bond donors (Lipinski definition) is 2. The van der Waals surface area contributed by atoms with Crippen LogP contribution in [0.25, 0.3) is 32.6 Å². The second kappa shape index (κ2) is 10.7. The number of nitrogens with zero attached hydrogens (tertiary/aromatic N) is 5. The van der Waals surface area contributed by atoms with Crippen LogP contribution in [0.4, 0.5) is 29.0 Å². The summed E-state index contributed by atoms with van der Waals surface area (Å²) in [5.74, 6) is -1.91. The van der Waals surface area contributed by atoms with Crippen LogP contribution in [0.2, 0.25) is 0 Å². The fourth-order valence-corrected chi connectivity index (χ4v) is 5.56. The van der Waals surface area contributed by atoms with Crippen molar-refractivity contribution in [3.05, 3.63) is 48.9 Å². The number of fused-ring (bicyclic) bond motifs is 1. The second-order valence-corrected chi connectivity index (χ2v) is 10.2. The summed E-state index contributed by atoms with van der Waals surface area (Å²) in [5.41, 5.74) is 0.599. The van der Waals surface area contributed by atoms with Crippen LogP contribution in [0.5, 0.6) is 0 Å². The molecule has 0 bridgehead atoms. The first-order chi connectivity index (χ1) is 19.1. The molecule has 1 aliphatic rings. The molecule has 0 saturated carbocycles. The van der Waals surface area contributed by atoms with Crippen molar-refractivity contribution in [3.63, 3.8) is 0 Å². The highest BCUT2D eigenvalue weighted by Gasteiger charge is 2.57. The van der Waals surface area contributed by atoms with Crippen LogP contribution in [0.15, 0.2) is 48.9 Å². The number of rotatable bonds is 6. The van der Waals surface area contributed by atoms with E-state index >= 15 is 0 Å². The number of aromatic nitrogens is 4. The number of halogens is 3. The molecule has 1 saturated heterocycles. The minimum absolute atomic E-state index is 0.178. The number of urea groups is 1. The predicted molar refractivity (Wildman–Crippen MR) is 142 cm³/mol. The minimum atomic E-state index is -4.91. The Morgan fingerprint density at radius 3 is 2.42 bits per heavy atom. The van der Waals surface area contributed by atoms with E-state index in [2.05, 4.69) is 30.6 Å². The zero-order chi connectivity index (χ0) is 28.5. The monoisotopic (exact) mass is 570 g/mol. The molecule has 4 aromatic rings. The maximum absolute atomic E-state index is 13.5. The van der Waals surface area contributed by atoms with Gasteiger partial charge in [0.15, 0.2) is 5.13 Å². The summed E-state index contributed by atoms with van der Waals surface area (Å²) < 4.78 is 41.3. The summed E-state index contributed by atoms with van der Waals surface area (Å²) in [6, 6.07) is 8.90. The molecule has 5 rings (SSSR count). The van der Waals surface area contributed by atoms with Crippen LogP contribution in [0.3, 0.4) is 0 Å². The Morgan fingerprint density at radius 2 is 1.82 bits per heavy atom. The van der Waals surface area contributed by atoms with Crippen molar-refractivity contribution in [1.82, 2.24) is 25.3 Å². The van der Waals surface area contributed by atoms with Crippen molar-refractivity contribution in [3.8, 4) is 22.4 Å². The smallest absolute Gasteiger partial charge is 0.399 e. The SMILES string of the molecule is CCNC(=O)Nc1nc2cc(-c3cnc(N4CCC(C(=O)[O-])(C(F)(F)F)CC4)nc3)cc(-c3ccccn3)c2s1. The summed E-state index contributed by atoms with van der Waals surface area (Å²) in [6.07, 6.45) is -1.42. The molecule has 0 atom stereocenters. The van der Waals surface area contributed by atoms with E-state index in [1.165, 1.54) is 16.2 Å². The Hall–Kier alpha value is -4.33. The van der Waals surface area contributed by atoms with Crippen molar-refractivity contribution in [2.24, 2.45) is 5.41 Å². The Kier molecular flexibility index (Phi) is 7.27. The lowest BCUT2D eigenvalue weighted by atomic mass is 9.77. The molecule has 0 radical (unpaired) electrons. The van der Waals surface area contributed by atoms with E-state index in [-0.39, 0.29) is 25.1 Å². The summed E-state index contributed by atoms with van der Waals surface area (Å²) in [5, 5.41) is 17.2. The Balaban J connectivity index is 1.44. The van der Waals surface area contributed by atoms with Gasteiger partial charge in [0.1, 0.15) is 5.41 Å². The molecular formula is C26H23F3N7O3S-. The van der Waals surface area contributed by atoms with Crippen molar-refractivity contribution < 1.29 is 27.9 Å². The Morgan fingerprint density at radius 1 is 1.10 bits per heavy atom. The van der Waals surface area contributed by atoms with Crippen LogP contribution in [0.1, 0.15) is 19.8 Å². The second-order valence-electron chi connectivity index (χ2n) is 9.22. The third kappa shape index (κ3) is 5.13. The maximum Gasteiger partial charge on any atom is 0.399 e. The molecule has 208 valence electrons. The fourth-order valence-electron chi connectivity index (χ4n) is 4.59. The maximum atomic E-state index is 13.5. The standard InChI is InChI=1S/C26H24F3N7O3S/c1-2-30-23(39)35-24-34-19-12-15(11-17(20(19)40-24)18-5-3-4-8-31-18)16-13-32-22(33-14-16)36-9-6-25(7-10-36,21(37)38)26(27,28)29/h3-5,8,11-14H,2,6-7,9-10H2,1H3,(H,37,38)(H2,30,34,35,39)/p-1. The van der Waals surface area contributed by atoms with Crippen LogP contribution in [-0.4, -0.2) is 57.7 Å². The molecule has 4 heterocycles. The Bertz CT molecular complexity index is 1540. The van der Waals surface area contributed by atoms with E-state index in [0.29, 0.717) is 28.5 Å². The Labute approximate surface area is 230 Å². The van der Waals surface area contributed by atoms with Crippen LogP contribution in [-0.2, 0) is 4.79 Å². The third-order valence-corrected chi connectivity index (χ3v) is 7.81. The van der Waals surface area contributed by atoms with Crippen molar-refractivity contribution in [2.45, 2.75) is 25.9 Å². The third-order valence-electron chi connectivity index (χ3n) is 6.79. The zero-order valence-electron chi connectivity index (χ0n) is 21.2. The van der Waals surface area contributed by atoms with Gasteiger partial charge < -0.3 is 20.1 Å². The summed E-state index contributed by atoms with van der Waals surface area (Å²) in [7, 11) is 0. The average Bonchev–Trinajstić information content (AvgIpc) is 3.34. The summed E-state index contributed by atoms with van der Waals surface area (Å²) in [6.45, 7) is 1.92.